The van der Waals surface area contributed by atoms with Crippen LogP contribution in [0.25, 0.3) is 0 Å². The van der Waals surface area contributed by atoms with Gasteiger partial charge in [-0.3, -0.25) is 14.7 Å². The summed E-state index contributed by atoms with van der Waals surface area (Å²) in [4.78, 5) is 18.0. The van der Waals surface area contributed by atoms with Crippen LogP contribution in [0.15, 0.2) is 42.6 Å². The van der Waals surface area contributed by atoms with Crippen LogP contribution in [0.1, 0.15) is 35.7 Å². The molecule has 1 aliphatic heterocycles. The van der Waals surface area contributed by atoms with Crippen molar-refractivity contribution in [3.63, 3.8) is 0 Å². The van der Waals surface area contributed by atoms with E-state index in [1.54, 1.807) is 12.1 Å². The molecule has 2 heterocycles. The van der Waals surface area contributed by atoms with E-state index in [1.807, 2.05) is 25.3 Å². The van der Waals surface area contributed by atoms with E-state index in [1.165, 1.54) is 12.1 Å². The number of carbonyl (C=O) groups is 1. The van der Waals surface area contributed by atoms with E-state index >= 15 is 0 Å². The van der Waals surface area contributed by atoms with E-state index in [-0.39, 0.29) is 17.8 Å². The lowest BCUT2D eigenvalue weighted by atomic mass is 9.93. The van der Waals surface area contributed by atoms with Crippen LogP contribution >= 0.6 is 0 Å². The number of piperidine rings is 1. The van der Waals surface area contributed by atoms with Gasteiger partial charge in [-0.05, 0) is 62.2 Å². The molecule has 1 saturated heterocycles. The summed E-state index contributed by atoms with van der Waals surface area (Å²) in [6.07, 6.45) is 3.08. The summed E-state index contributed by atoms with van der Waals surface area (Å²) < 4.78 is 13.3. The maximum absolute atomic E-state index is 13.3. The molecule has 1 fully saturated rings. The molecular weight excluding hydrogens is 307 g/mol. The van der Waals surface area contributed by atoms with Gasteiger partial charge in [-0.25, -0.2) is 4.39 Å². The third-order valence-corrected chi connectivity index (χ3v) is 4.64. The van der Waals surface area contributed by atoms with Crippen molar-refractivity contribution in [2.75, 3.05) is 13.1 Å². The Morgan fingerprint density at radius 2 is 1.88 bits per heavy atom. The van der Waals surface area contributed by atoms with E-state index in [2.05, 4.69) is 9.88 Å². The van der Waals surface area contributed by atoms with Gasteiger partial charge in [0.2, 0.25) is 0 Å². The zero-order chi connectivity index (χ0) is 17.1. The highest BCUT2D eigenvalue weighted by Crippen LogP contribution is 2.31. The van der Waals surface area contributed by atoms with Crippen molar-refractivity contribution >= 4 is 5.97 Å². The number of halogens is 1. The molecule has 2 aromatic rings. The second-order valence-electron chi connectivity index (χ2n) is 6.36. The van der Waals surface area contributed by atoms with Crippen molar-refractivity contribution < 1.29 is 14.3 Å². The zero-order valence-corrected chi connectivity index (χ0v) is 13.7. The number of likely N-dealkylation sites (tertiary alicyclic amines) is 1. The molecule has 1 atom stereocenters. The van der Waals surface area contributed by atoms with E-state index in [0.717, 1.165) is 16.8 Å². The van der Waals surface area contributed by atoms with E-state index in [4.69, 9.17) is 0 Å². The monoisotopic (exact) mass is 328 g/mol. The van der Waals surface area contributed by atoms with Crippen molar-refractivity contribution in [2.24, 2.45) is 5.92 Å². The quantitative estimate of drug-likeness (QED) is 0.934. The molecule has 1 N–H and O–H groups in total. The van der Waals surface area contributed by atoms with E-state index in [9.17, 15) is 14.3 Å². The highest BCUT2D eigenvalue weighted by atomic mass is 19.1. The molecule has 5 heteroatoms. The fourth-order valence-electron chi connectivity index (χ4n) is 3.26. The largest absolute Gasteiger partial charge is 0.481 e. The van der Waals surface area contributed by atoms with Crippen molar-refractivity contribution in [3.8, 4) is 0 Å². The normalized spacial score (nSPS) is 17.6. The second-order valence-corrected chi connectivity index (χ2v) is 6.36. The topological polar surface area (TPSA) is 53.4 Å². The number of rotatable bonds is 4. The Hall–Kier alpha value is -2.27. The van der Waals surface area contributed by atoms with Gasteiger partial charge < -0.3 is 5.11 Å². The molecule has 1 unspecified atom stereocenters. The highest BCUT2D eigenvalue weighted by Gasteiger charge is 2.30. The van der Waals surface area contributed by atoms with Gasteiger partial charge in [0.15, 0.2) is 0 Å². The van der Waals surface area contributed by atoms with Gasteiger partial charge in [-0.15, -0.1) is 0 Å². The highest BCUT2D eigenvalue weighted by molar-refractivity contribution is 5.70. The maximum atomic E-state index is 13.3. The van der Waals surface area contributed by atoms with Crippen LogP contribution in [-0.4, -0.2) is 34.0 Å². The lowest BCUT2D eigenvalue weighted by Gasteiger charge is -2.36. The molecule has 24 heavy (non-hydrogen) atoms. The fourth-order valence-corrected chi connectivity index (χ4v) is 3.26. The number of pyridine rings is 1. The molecule has 0 saturated carbocycles. The predicted molar refractivity (Wildman–Crippen MR) is 89.1 cm³/mol. The number of aliphatic carboxylic acids is 1. The smallest absolute Gasteiger partial charge is 0.306 e. The SMILES string of the molecule is Cc1ccc(C(c2ccc(F)cc2)N2CCC(C(=O)O)CC2)nc1. The Balaban J connectivity index is 1.89. The molecule has 4 nitrogen and oxygen atoms in total. The first-order valence-electron chi connectivity index (χ1n) is 8.19. The first-order chi connectivity index (χ1) is 11.5. The van der Waals surface area contributed by atoms with Crippen LogP contribution in [0.2, 0.25) is 0 Å². The molecule has 1 aromatic heterocycles. The fraction of sp³-hybridized carbons (Fsp3) is 0.368. The lowest BCUT2D eigenvalue weighted by molar-refractivity contribution is -0.143. The maximum Gasteiger partial charge on any atom is 0.306 e. The predicted octanol–water partition coefficient (Wildman–Crippen LogP) is 3.42. The molecule has 0 amide bonds. The van der Waals surface area contributed by atoms with E-state index in [0.29, 0.717) is 25.9 Å². The van der Waals surface area contributed by atoms with Crippen molar-refractivity contribution in [2.45, 2.75) is 25.8 Å². The molecule has 1 aromatic carbocycles. The number of benzene rings is 1. The summed E-state index contributed by atoms with van der Waals surface area (Å²) in [5.74, 6) is -1.26. The van der Waals surface area contributed by atoms with Crippen LogP contribution in [-0.2, 0) is 4.79 Å². The summed E-state index contributed by atoms with van der Waals surface area (Å²) in [6, 6.07) is 10.4. The summed E-state index contributed by atoms with van der Waals surface area (Å²) in [5.41, 5.74) is 2.96. The Morgan fingerprint density at radius 1 is 1.21 bits per heavy atom. The summed E-state index contributed by atoms with van der Waals surface area (Å²) in [7, 11) is 0. The van der Waals surface area contributed by atoms with Gasteiger partial charge in [0.25, 0.3) is 0 Å². The minimum absolute atomic E-state index is 0.0825. The Kier molecular flexibility index (Phi) is 4.90. The third kappa shape index (κ3) is 3.62. The minimum Gasteiger partial charge on any atom is -0.481 e. The Labute approximate surface area is 141 Å². The molecule has 0 spiro atoms. The molecular formula is C19H21FN2O2. The van der Waals surface area contributed by atoms with Gasteiger partial charge in [0, 0.05) is 6.20 Å². The minimum atomic E-state index is -0.721. The number of aryl methyl sites for hydroxylation is 1. The summed E-state index contributed by atoms with van der Waals surface area (Å²) >= 11 is 0. The summed E-state index contributed by atoms with van der Waals surface area (Å²) in [6.45, 7) is 3.37. The van der Waals surface area contributed by atoms with Crippen LogP contribution in [0.3, 0.4) is 0 Å². The number of hydrogen-bond donors (Lipinski definition) is 1. The van der Waals surface area contributed by atoms with Gasteiger partial charge >= 0.3 is 5.97 Å². The second kappa shape index (κ2) is 7.09. The average molecular weight is 328 g/mol. The number of carboxylic acids is 1. The van der Waals surface area contributed by atoms with Crippen molar-refractivity contribution in [1.82, 2.24) is 9.88 Å². The first-order valence-corrected chi connectivity index (χ1v) is 8.19. The molecule has 126 valence electrons. The first kappa shape index (κ1) is 16.6. The van der Waals surface area contributed by atoms with Gasteiger partial charge in [0.05, 0.1) is 17.7 Å². The Bertz CT molecular complexity index is 647. The van der Waals surface area contributed by atoms with Crippen molar-refractivity contribution in [1.29, 1.82) is 0 Å². The number of nitrogens with zero attached hydrogens (tertiary/aromatic N) is 2. The molecule has 1 aliphatic rings. The Morgan fingerprint density at radius 3 is 2.42 bits per heavy atom. The van der Waals surface area contributed by atoms with Gasteiger partial charge in [-0.2, -0.15) is 0 Å². The van der Waals surface area contributed by atoms with E-state index < -0.39 is 5.97 Å². The van der Waals surface area contributed by atoms with Crippen LogP contribution in [0.5, 0.6) is 0 Å². The lowest BCUT2D eigenvalue weighted by Crippen LogP contribution is -2.39. The van der Waals surface area contributed by atoms with Gasteiger partial charge in [0.1, 0.15) is 5.82 Å². The average Bonchev–Trinajstić information content (AvgIpc) is 2.59. The van der Waals surface area contributed by atoms with Crippen LogP contribution < -0.4 is 0 Å². The molecule has 3 rings (SSSR count). The molecule has 0 aliphatic carbocycles. The summed E-state index contributed by atoms with van der Waals surface area (Å²) in [5, 5.41) is 9.19. The van der Waals surface area contributed by atoms with Gasteiger partial charge in [-0.1, -0.05) is 18.2 Å². The molecule has 0 bridgehead atoms. The zero-order valence-electron chi connectivity index (χ0n) is 13.7. The van der Waals surface area contributed by atoms with Crippen LogP contribution in [0.4, 0.5) is 4.39 Å². The number of carboxylic acid groups (broad SMARTS) is 1. The molecule has 0 radical (unpaired) electrons. The van der Waals surface area contributed by atoms with Crippen LogP contribution in [0, 0.1) is 18.7 Å². The number of hydrogen-bond acceptors (Lipinski definition) is 3. The standard InChI is InChI=1S/C19H21FN2O2/c1-13-2-7-17(21-12-13)18(14-3-5-16(20)6-4-14)22-10-8-15(9-11-22)19(23)24/h2-7,12,15,18H,8-11H2,1H3,(H,23,24). The third-order valence-electron chi connectivity index (χ3n) is 4.64. The van der Waals surface area contributed by atoms with Crippen molar-refractivity contribution in [3.05, 3.63) is 65.2 Å². The number of aromatic nitrogens is 1.